The summed E-state index contributed by atoms with van der Waals surface area (Å²) < 4.78 is 0. The Balaban J connectivity index is 0. The largest absolute Gasteiger partial charge is 0.344 e. The van der Waals surface area contributed by atoms with Crippen LogP contribution in [0.2, 0.25) is 25.7 Å². The maximum absolute atomic E-state index is 2.38. The van der Waals surface area contributed by atoms with Gasteiger partial charge in [-0.3, -0.25) is 0 Å². The Hall–Kier alpha value is 0.177. The molecule has 0 spiro atoms. The number of hydrogen-bond donors (Lipinski definition) is 1. The molecule has 46 valence electrons. The van der Waals surface area contributed by atoms with E-state index in [4.69, 9.17) is 0 Å². The zero-order valence-corrected chi connectivity index (χ0v) is 6.91. The molecule has 0 aliphatic carbocycles. The highest BCUT2D eigenvalue weighted by atomic mass is 28.3. The van der Waals surface area contributed by atoms with Gasteiger partial charge in [0.1, 0.15) is 0 Å². The maximum Gasteiger partial charge on any atom is 0.0439 e. The summed E-state index contributed by atoms with van der Waals surface area (Å²) >= 11 is 0. The van der Waals surface area contributed by atoms with Gasteiger partial charge in [-0.25, -0.2) is 0 Å². The molecule has 0 radical (unpaired) electrons. The van der Waals surface area contributed by atoms with Crippen LogP contribution in [0.25, 0.3) is 0 Å². The average Bonchev–Trinajstić information content (AvgIpc) is 1.35. The van der Waals surface area contributed by atoms with Crippen LogP contribution < -0.4 is 6.15 Å². The Labute approximate surface area is 47.7 Å². The summed E-state index contributed by atoms with van der Waals surface area (Å²) in [6.07, 6.45) is 0. The van der Waals surface area contributed by atoms with E-state index in [-0.39, 0.29) is 6.15 Å². The molecule has 0 saturated carbocycles. The lowest BCUT2D eigenvalue weighted by Crippen LogP contribution is -2.16. The SMILES string of the molecule is CC[Si](C)(C)C.N. The molecule has 0 aliphatic rings. The van der Waals surface area contributed by atoms with Crippen molar-refractivity contribution in [3.63, 3.8) is 0 Å². The molecule has 0 aliphatic heterocycles. The molecule has 0 aromatic heterocycles. The highest BCUT2D eigenvalue weighted by molar-refractivity contribution is 6.75. The Morgan fingerprint density at radius 2 is 1.29 bits per heavy atom. The fourth-order valence-corrected chi connectivity index (χ4v) is 0. The molecule has 7 heavy (non-hydrogen) atoms. The van der Waals surface area contributed by atoms with Gasteiger partial charge in [0, 0.05) is 8.07 Å². The van der Waals surface area contributed by atoms with Gasteiger partial charge in [-0.1, -0.05) is 32.6 Å². The summed E-state index contributed by atoms with van der Waals surface area (Å²) in [5.41, 5.74) is 0. The quantitative estimate of drug-likeness (QED) is 0.529. The molecule has 0 bridgehead atoms. The molecule has 0 fully saturated rings. The monoisotopic (exact) mass is 119 g/mol. The summed E-state index contributed by atoms with van der Waals surface area (Å²) in [5, 5.41) is 0. The summed E-state index contributed by atoms with van der Waals surface area (Å²) in [6, 6.07) is 1.41. The van der Waals surface area contributed by atoms with Crippen LogP contribution in [0.15, 0.2) is 0 Å². The van der Waals surface area contributed by atoms with Crippen molar-refractivity contribution in [1.29, 1.82) is 0 Å². The highest BCUT2D eigenvalue weighted by Crippen LogP contribution is 2.04. The van der Waals surface area contributed by atoms with Crippen LogP contribution in [0.5, 0.6) is 0 Å². The zero-order chi connectivity index (χ0) is 5.21. The second-order valence-corrected chi connectivity index (χ2v) is 8.74. The highest BCUT2D eigenvalue weighted by Gasteiger charge is 2.06. The molecule has 1 nitrogen and oxygen atoms in total. The van der Waals surface area contributed by atoms with Crippen molar-refractivity contribution in [2.24, 2.45) is 0 Å². The van der Waals surface area contributed by atoms with Crippen LogP contribution in [0, 0.1) is 0 Å². The summed E-state index contributed by atoms with van der Waals surface area (Å²) in [5.74, 6) is 0. The van der Waals surface area contributed by atoms with Gasteiger partial charge < -0.3 is 6.15 Å². The standard InChI is InChI=1S/C5H14Si.H3N/c1-5-6(2,3)4;/h5H2,1-4H3;1H3. The van der Waals surface area contributed by atoms with Gasteiger partial charge in [0.2, 0.25) is 0 Å². The van der Waals surface area contributed by atoms with Crippen LogP contribution in [-0.2, 0) is 0 Å². The fourth-order valence-electron chi connectivity index (χ4n) is 0. The predicted molar refractivity (Wildman–Crippen MR) is 38.8 cm³/mol. The fraction of sp³-hybridized carbons (Fsp3) is 1.00. The van der Waals surface area contributed by atoms with Gasteiger partial charge in [-0.2, -0.15) is 0 Å². The first-order chi connectivity index (χ1) is 2.56. The maximum atomic E-state index is 2.38. The minimum Gasteiger partial charge on any atom is -0.344 e. The molecular weight excluding hydrogens is 102 g/mol. The number of hydrogen-bond acceptors (Lipinski definition) is 1. The van der Waals surface area contributed by atoms with Crippen LogP contribution >= 0.6 is 0 Å². The lowest BCUT2D eigenvalue weighted by atomic mass is 11.0. The van der Waals surface area contributed by atoms with E-state index in [1.165, 1.54) is 6.04 Å². The Bertz CT molecular complexity index is 37.8. The first kappa shape index (κ1) is 10.2. The predicted octanol–water partition coefficient (Wildman–Crippen LogP) is 2.51. The van der Waals surface area contributed by atoms with Gasteiger partial charge in [-0.15, -0.1) is 0 Å². The van der Waals surface area contributed by atoms with Crippen molar-refractivity contribution in [1.82, 2.24) is 6.15 Å². The summed E-state index contributed by atoms with van der Waals surface area (Å²) in [6.45, 7) is 9.42. The number of rotatable bonds is 1. The van der Waals surface area contributed by atoms with Crippen molar-refractivity contribution in [2.75, 3.05) is 0 Å². The van der Waals surface area contributed by atoms with Crippen molar-refractivity contribution >= 4 is 8.07 Å². The Kier molecular flexibility index (Phi) is 4.69. The van der Waals surface area contributed by atoms with E-state index < -0.39 is 8.07 Å². The van der Waals surface area contributed by atoms with E-state index in [1.54, 1.807) is 0 Å². The van der Waals surface area contributed by atoms with Crippen molar-refractivity contribution in [3.05, 3.63) is 0 Å². The van der Waals surface area contributed by atoms with E-state index in [0.717, 1.165) is 0 Å². The van der Waals surface area contributed by atoms with Crippen LogP contribution in [0.3, 0.4) is 0 Å². The Morgan fingerprint density at radius 3 is 1.29 bits per heavy atom. The minimum absolute atomic E-state index is 0. The molecule has 0 rings (SSSR count). The zero-order valence-electron chi connectivity index (χ0n) is 5.91. The minimum atomic E-state index is -0.631. The third kappa shape index (κ3) is 10.7. The third-order valence-corrected chi connectivity index (χ3v) is 3.18. The molecule has 0 atom stereocenters. The van der Waals surface area contributed by atoms with Gasteiger partial charge in [0.05, 0.1) is 0 Å². The van der Waals surface area contributed by atoms with Gasteiger partial charge in [0.15, 0.2) is 0 Å². The van der Waals surface area contributed by atoms with E-state index >= 15 is 0 Å². The first-order valence-electron chi connectivity index (χ1n) is 2.56. The second kappa shape index (κ2) is 3.21. The van der Waals surface area contributed by atoms with Crippen molar-refractivity contribution in [2.45, 2.75) is 32.6 Å². The molecule has 2 heteroatoms. The molecule has 0 unspecified atom stereocenters. The molecule has 0 saturated heterocycles. The average molecular weight is 119 g/mol. The van der Waals surface area contributed by atoms with Crippen LogP contribution in [0.1, 0.15) is 6.92 Å². The molecule has 0 aromatic rings. The first-order valence-corrected chi connectivity index (χ1v) is 6.27. The third-order valence-electron chi connectivity index (χ3n) is 1.06. The topological polar surface area (TPSA) is 35.0 Å². The molecule has 0 amide bonds. The Morgan fingerprint density at radius 1 is 1.14 bits per heavy atom. The second-order valence-electron chi connectivity index (χ2n) is 2.91. The smallest absolute Gasteiger partial charge is 0.0439 e. The molecule has 0 aromatic carbocycles. The normalized spacial score (nSPS) is 10.3. The molecule has 0 heterocycles. The van der Waals surface area contributed by atoms with E-state index in [0.29, 0.717) is 0 Å². The van der Waals surface area contributed by atoms with E-state index in [9.17, 15) is 0 Å². The van der Waals surface area contributed by atoms with Crippen molar-refractivity contribution in [3.8, 4) is 0 Å². The lowest BCUT2D eigenvalue weighted by Gasteiger charge is -2.09. The van der Waals surface area contributed by atoms with Gasteiger partial charge in [-0.05, 0) is 0 Å². The van der Waals surface area contributed by atoms with Gasteiger partial charge >= 0.3 is 0 Å². The summed E-state index contributed by atoms with van der Waals surface area (Å²) in [7, 11) is -0.631. The van der Waals surface area contributed by atoms with E-state index in [2.05, 4.69) is 26.6 Å². The van der Waals surface area contributed by atoms with Gasteiger partial charge in [0.25, 0.3) is 0 Å². The van der Waals surface area contributed by atoms with Crippen LogP contribution in [-0.4, -0.2) is 8.07 Å². The van der Waals surface area contributed by atoms with E-state index in [1.807, 2.05) is 0 Å². The summed E-state index contributed by atoms with van der Waals surface area (Å²) in [4.78, 5) is 0. The van der Waals surface area contributed by atoms with Crippen LogP contribution in [0.4, 0.5) is 0 Å². The lowest BCUT2D eigenvalue weighted by molar-refractivity contribution is 1.36. The van der Waals surface area contributed by atoms with Crippen molar-refractivity contribution < 1.29 is 0 Å². The molecule has 3 N–H and O–H groups in total. The molecular formula is C5H17NSi.